The summed E-state index contributed by atoms with van der Waals surface area (Å²) in [5, 5.41) is 16.8. The third-order valence-corrected chi connectivity index (χ3v) is 7.26. The van der Waals surface area contributed by atoms with Gasteiger partial charge in [-0.15, -0.1) is 0 Å². The molecule has 0 spiro atoms. The molecule has 214 valence electrons. The van der Waals surface area contributed by atoms with Crippen LogP contribution in [-0.2, 0) is 11.2 Å². The second-order valence-electron chi connectivity index (χ2n) is 10.8. The van der Waals surface area contributed by atoms with E-state index in [1.807, 2.05) is 39.0 Å². The van der Waals surface area contributed by atoms with E-state index in [1.165, 1.54) is 0 Å². The second kappa shape index (κ2) is 15.1. The summed E-state index contributed by atoms with van der Waals surface area (Å²) in [6.45, 7) is 11.6. The van der Waals surface area contributed by atoms with Crippen molar-refractivity contribution in [3.8, 4) is 11.5 Å². The van der Waals surface area contributed by atoms with Crippen molar-refractivity contribution in [3.05, 3.63) is 44.2 Å². The maximum Gasteiger partial charge on any atom is 0.253 e. The number of ether oxygens (including phenoxy) is 3. The summed E-state index contributed by atoms with van der Waals surface area (Å²) in [5.41, 5.74) is 6.94. The molecule has 0 fully saturated rings. The van der Waals surface area contributed by atoms with Crippen LogP contribution in [0.5, 0.6) is 11.5 Å². The van der Waals surface area contributed by atoms with Crippen LogP contribution in [0.15, 0.2) is 27.8 Å². The zero-order valence-electron chi connectivity index (χ0n) is 24.0. The first-order chi connectivity index (χ1) is 18.0. The zero-order chi connectivity index (χ0) is 28.4. The Hall–Kier alpha value is -2.62. The second-order valence-corrected chi connectivity index (χ2v) is 10.8. The van der Waals surface area contributed by atoms with Crippen LogP contribution in [-0.4, -0.2) is 57.3 Å². The van der Waals surface area contributed by atoms with Crippen LogP contribution in [0.4, 0.5) is 11.4 Å². The van der Waals surface area contributed by atoms with E-state index in [9.17, 15) is 14.7 Å². The SMILES string of the molecule is COCCCOc1cc(C[C@@H](C[C@H](N)[C@@H](O)CNc2c(NC(C)C(C)C)c(=O)c2=O)C(C)C)ccc1OC. The van der Waals surface area contributed by atoms with Gasteiger partial charge in [-0.2, -0.15) is 0 Å². The fourth-order valence-electron chi connectivity index (χ4n) is 4.20. The topological polar surface area (TPSA) is 132 Å². The minimum absolute atomic E-state index is 0.0343. The molecule has 5 N–H and O–H groups in total. The fourth-order valence-corrected chi connectivity index (χ4v) is 4.20. The smallest absolute Gasteiger partial charge is 0.253 e. The lowest BCUT2D eigenvalue weighted by molar-refractivity contribution is 0.137. The first-order valence-corrected chi connectivity index (χ1v) is 13.6. The predicted molar refractivity (Wildman–Crippen MR) is 153 cm³/mol. The standard InChI is InChI=1S/C29H47N3O6/c1-17(2)19(5)32-27-26(28(34)29(27)35)31-16-23(33)22(30)15-21(18(3)4)13-20-9-10-24(37-7)25(14-20)38-12-8-11-36-6/h9-10,14,17-19,21-23,31-33H,8,11-13,15-16,30H2,1-7H3/t19?,21-,22-,23-/m0/s1. The third-order valence-electron chi connectivity index (χ3n) is 7.26. The van der Waals surface area contributed by atoms with Crippen LogP contribution in [0.2, 0.25) is 0 Å². The van der Waals surface area contributed by atoms with Crippen molar-refractivity contribution in [1.29, 1.82) is 0 Å². The molecule has 2 aromatic rings. The molecule has 0 heterocycles. The highest BCUT2D eigenvalue weighted by Gasteiger charge is 2.26. The zero-order valence-corrected chi connectivity index (χ0v) is 24.0. The highest BCUT2D eigenvalue weighted by molar-refractivity contribution is 5.74. The van der Waals surface area contributed by atoms with E-state index in [-0.39, 0.29) is 29.9 Å². The van der Waals surface area contributed by atoms with Crippen molar-refractivity contribution in [2.45, 2.75) is 72.1 Å². The van der Waals surface area contributed by atoms with Crippen molar-refractivity contribution < 1.29 is 19.3 Å². The number of nitrogens with two attached hydrogens (primary N) is 1. The van der Waals surface area contributed by atoms with E-state index in [2.05, 4.69) is 24.5 Å². The molecule has 9 nitrogen and oxygen atoms in total. The van der Waals surface area contributed by atoms with Gasteiger partial charge < -0.3 is 35.7 Å². The van der Waals surface area contributed by atoms with Crippen molar-refractivity contribution in [2.75, 3.05) is 44.6 Å². The molecule has 38 heavy (non-hydrogen) atoms. The molecule has 0 saturated carbocycles. The summed E-state index contributed by atoms with van der Waals surface area (Å²) in [4.78, 5) is 24.1. The highest BCUT2D eigenvalue weighted by atomic mass is 16.5. The van der Waals surface area contributed by atoms with Crippen LogP contribution in [0.25, 0.3) is 0 Å². The maximum absolute atomic E-state index is 12.1. The van der Waals surface area contributed by atoms with Gasteiger partial charge in [-0.1, -0.05) is 33.8 Å². The quantitative estimate of drug-likeness (QED) is 0.168. The number of aliphatic hydroxyl groups excluding tert-OH is 1. The van der Waals surface area contributed by atoms with Crippen LogP contribution < -0.4 is 36.7 Å². The molecule has 0 aliphatic rings. The highest BCUT2D eigenvalue weighted by Crippen LogP contribution is 2.31. The van der Waals surface area contributed by atoms with Crippen LogP contribution in [0.3, 0.4) is 0 Å². The van der Waals surface area contributed by atoms with Crippen LogP contribution >= 0.6 is 0 Å². The number of hydrogen-bond donors (Lipinski definition) is 4. The Morgan fingerprint density at radius 2 is 1.63 bits per heavy atom. The minimum atomic E-state index is -0.883. The molecule has 0 aliphatic carbocycles. The van der Waals surface area contributed by atoms with Gasteiger partial charge in [0.1, 0.15) is 11.4 Å². The number of anilines is 2. The van der Waals surface area contributed by atoms with Crippen molar-refractivity contribution >= 4 is 11.4 Å². The average Bonchev–Trinajstić information content (AvgIpc) is 2.89. The predicted octanol–water partition coefficient (Wildman–Crippen LogP) is 3.17. The average molecular weight is 534 g/mol. The number of rotatable bonds is 18. The summed E-state index contributed by atoms with van der Waals surface area (Å²) in [6.07, 6.45) is 1.26. The monoisotopic (exact) mass is 533 g/mol. The van der Waals surface area contributed by atoms with Gasteiger partial charge in [0.15, 0.2) is 11.5 Å². The maximum atomic E-state index is 12.1. The Morgan fingerprint density at radius 3 is 2.24 bits per heavy atom. The Bertz CT molecular complexity index is 1060. The normalized spacial score (nSPS) is 14.9. The number of aliphatic hydroxyl groups is 1. The molecule has 0 amide bonds. The number of nitrogens with one attached hydrogen (secondary N) is 2. The Morgan fingerprint density at radius 1 is 0.947 bits per heavy atom. The largest absolute Gasteiger partial charge is 0.493 e. The third kappa shape index (κ3) is 8.71. The molecule has 0 saturated heterocycles. The molecular formula is C29H47N3O6. The molecule has 0 aliphatic heterocycles. The van der Waals surface area contributed by atoms with E-state index in [0.29, 0.717) is 43.0 Å². The van der Waals surface area contributed by atoms with Crippen molar-refractivity contribution in [2.24, 2.45) is 23.5 Å². The van der Waals surface area contributed by atoms with Gasteiger partial charge in [0.25, 0.3) is 10.9 Å². The summed E-state index contributed by atoms with van der Waals surface area (Å²) in [5.74, 6) is 2.21. The Labute approximate surface area is 226 Å². The van der Waals surface area contributed by atoms with Gasteiger partial charge in [-0.25, -0.2) is 0 Å². The minimum Gasteiger partial charge on any atom is -0.493 e. The summed E-state index contributed by atoms with van der Waals surface area (Å²) >= 11 is 0. The summed E-state index contributed by atoms with van der Waals surface area (Å²) in [6, 6.07) is 5.47. The number of benzene rings is 1. The lowest BCUT2D eigenvalue weighted by atomic mass is 9.83. The fraction of sp³-hybridized carbons (Fsp3) is 0.655. The van der Waals surface area contributed by atoms with Gasteiger partial charge in [0.2, 0.25) is 0 Å². The lowest BCUT2D eigenvalue weighted by Gasteiger charge is -2.28. The van der Waals surface area contributed by atoms with Crippen LogP contribution in [0.1, 0.15) is 53.0 Å². The Balaban J connectivity index is 2.00. The van der Waals surface area contributed by atoms with Gasteiger partial charge in [0.05, 0.1) is 19.8 Å². The molecule has 0 radical (unpaired) electrons. The van der Waals surface area contributed by atoms with Crippen molar-refractivity contribution in [3.63, 3.8) is 0 Å². The summed E-state index contributed by atoms with van der Waals surface area (Å²) < 4.78 is 16.5. The van der Waals surface area contributed by atoms with Gasteiger partial charge >= 0.3 is 0 Å². The molecule has 0 aromatic heterocycles. The molecule has 9 heteroatoms. The van der Waals surface area contributed by atoms with Crippen molar-refractivity contribution in [1.82, 2.24) is 0 Å². The van der Waals surface area contributed by atoms with Gasteiger partial charge in [0, 0.05) is 38.8 Å². The molecular weight excluding hydrogens is 486 g/mol. The Kier molecular flexibility index (Phi) is 12.5. The molecule has 4 atom stereocenters. The number of hydrogen-bond acceptors (Lipinski definition) is 9. The van der Waals surface area contributed by atoms with E-state index in [0.717, 1.165) is 18.4 Å². The summed E-state index contributed by atoms with van der Waals surface area (Å²) in [7, 11) is 3.29. The lowest BCUT2D eigenvalue weighted by Crippen LogP contribution is -2.45. The number of methoxy groups -OCH3 is 2. The van der Waals surface area contributed by atoms with Crippen LogP contribution in [0, 0.1) is 17.8 Å². The molecule has 2 rings (SSSR count). The first kappa shape index (κ1) is 31.6. The van der Waals surface area contributed by atoms with Gasteiger partial charge in [-0.3, -0.25) is 9.59 Å². The molecule has 0 bridgehead atoms. The van der Waals surface area contributed by atoms with E-state index in [4.69, 9.17) is 19.9 Å². The first-order valence-electron chi connectivity index (χ1n) is 13.6. The molecule has 1 unspecified atom stereocenters. The molecule has 2 aromatic carbocycles. The van der Waals surface area contributed by atoms with E-state index < -0.39 is 23.0 Å². The van der Waals surface area contributed by atoms with Gasteiger partial charge in [-0.05, 0) is 55.2 Å². The van der Waals surface area contributed by atoms with E-state index >= 15 is 0 Å². The van der Waals surface area contributed by atoms with E-state index in [1.54, 1.807) is 14.2 Å².